The van der Waals surface area contributed by atoms with E-state index in [-0.39, 0.29) is 27.3 Å². The van der Waals surface area contributed by atoms with E-state index >= 15 is 0 Å². The molecule has 1 aromatic rings. The Morgan fingerprint density at radius 1 is 1.09 bits per heavy atom. The van der Waals surface area contributed by atoms with Crippen molar-refractivity contribution in [2.75, 3.05) is 26.2 Å². The lowest BCUT2D eigenvalue weighted by atomic mass is 10.2. The maximum absolute atomic E-state index is 12.4. The maximum atomic E-state index is 12.4. The average molecular weight is 365 g/mol. The van der Waals surface area contributed by atoms with E-state index in [9.17, 15) is 18.0 Å². The quantitative estimate of drug-likeness (QED) is 0.746. The number of amides is 2. The molecule has 0 aliphatic carbocycles. The van der Waals surface area contributed by atoms with Crippen LogP contribution in [0.4, 0.5) is 0 Å². The summed E-state index contributed by atoms with van der Waals surface area (Å²) in [4.78, 5) is 26.6. The minimum absolute atomic E-state index is 0.0332. The number of hydrogen-bond acceptors (Lipinski definition) is 4. The van der Waals surface area contributed by atoms with Crippen LogP contribution in [0.15, 0.2) is 23.1 Å². The zero-order chi connectivity index (χ0) is 16.5. The summed E-state index contributed by atoms with van der Waals surface area (Å²) in [7, 11) is 1.28. The van der Waals surface area contributed by atoms with E-state index in [1.54, 1.807) is 9.80 Å². The Kier molecular flexibility index (Phi) is 4.99. The number of halogens is 2. The predicted octanol–water partition coefficient (Wildman–Crippen LogP) is 1.57. The van der Waals surface area contributed by atoms with Crippen molar-refractivity contribution in [2.24, 2.45) is 0 Å². The average Bonchev–Trinajstić information content (AvgIpc) is 2.46. The first-order valence-corrected chi connectivity index (χ1v) is 9.18. The van der Waals surface area contributed by atoms with Gasteiger partial charge in [0.1, 0.15) is 4.90 Å². The van der Waals surface area contributed by atoms with E-state index in [1.807, 2.05) is 0 Å². The van der Waals surface area contributed by atoms with Crippen LogP contribution in [-0.4, -0.2) is 56.2 Å². The molecule has 0 atom stereocenters. The highest BCUT2D eigenvalue weighted by molar-refractivity contribution is 8.13. The highest BCUT2D eigenvalue weighted by Gasteiger charge is 2.25. The lowest BCUT2D eigenvalue weighted by Crippen LogP contribution is -2.50. The molecule has 1 saturated heterocycles. The molecule has 22 heavy (non-hydrogen) atoms. The summed E-state index contributed by atoms with van der Waals surface area (Å²) in [6.07, 6.45) is 0. The minimum atomic E-state index is -4.02. The van der Waals surface area contributed by atoms with E-state index in [0.29, 0.717) is 26.2 Å². The molecule has 1 heterocycles. The summed E-state index contributed by atoms with van der Waals surface area (Å²) < 4.78 is 22.9. The molecule has 1 aromatic carbocycles. The summed E-state index contributed by atoms with van der Waals surface area (Å²) >= 11 is 5.79. The fourth-order valence-electron chi connectivity index (χ4n) is 2.23. The summed E-state index contributed by atoms with van der Waals surface area (Å²) in [6, 6.07) is 3.95. The largest absolute Gasteiger partial charge is 0.339 e. The monoisotopic (exact) mass is 364 g/mol. The second kappa shape index (κ2) is 6.44. The third-order valence-electron chi connectivity index (χ3n) is 3.45. The SMILES string of the molecule is CC(=O)N1CCN(C(=O)c2ccc(Cl)c(S(=O)(=O)Cl)c2)CC1. The van der Waals surface area contributed by atoms with E-state index in [0.717, 1.165) is 0 Å². The highest BCUT2D eigenvalue weighted by atomic mass is 35.7. The van der Waals surface area contributed by atoms with Crippen molar-refractivity contribution in [1.29, 1.82) is 0 Å². The van der Waals surface area contributed by atoms with Gasteiger partial charge in [-0.15, -0.1) is 0 Å². The van der Waals surface area contributed by atoms with Gasteiger partial charge in [-0.25, -0.2) is 8.42 Å². The fraction of sp³-hybridized carbons (Fsp3) is 0.385. The number of nitrogens with zero attached hydrogens (tertiary/aromatic N) is 2. The number of benzene rings is 1. The van der Waals surface area contributed by atoms with Gasteiger partial charge in [-0.2, -0.15) is 0 Å². The second-order valence-electron chi connectivity index (χ2n) is 4.88. The lowest BCUT2D eigenvalue weighted by molar-refractivity contribution is -0.130. The molecule has 2 amide bonds. The Hall–Kier alpha value is -1.31. The van der Waals surface area contributed by atoms with Crippen LogP contribution in [0, 0.1) is 0 Å². The van der Waals surface area contributed by atoms with Crippen molar-refractivity contribution in [1.82, 2.24) is 9.80 Å². The van der Waals surface area contributed by atoms with Crippen LogP contribution in [0.25, 0.3) is 0 Å². The normalized spacial score (nSPS) is 15.8. The van der Waals surface area contributed by atoms with Crippen molar-refractivity contribution >= 4 is 43.1 Å². The highest BCUT2D eigenvalue weighted by Crippen LogP contribution is 2.26. The number of piperazine rings is 1. The van der Waals surface area contributed by atoms with Gasteiger partial charge in [0.15, 0.2) is 0 Å². The van der Waals surface area contributed by atoms with Crippen LogP contribution in [0.3, 0.4) is 0 Å². The standard InChI is InChI=1S/C13H14Cl2N2O4S/c1-9(18)16-4-6-17(7-5-16)13(19)10-2-3-11(14)12(8-10)22(15,20)21/h2-3,8H,4-7H2,1H3. The molecule has 1 aliphatic heterocycles. The molecule has 1 fully saturated rings. The van der Waals surface area contributed by atoms with Crippen LogP contribution in [-0.2, 0) is 13.8 Å². The fourth-order valence-corrected chi connectivity index (χ4v) is 3.72. The Morgan fingerprint density at radius 3 is 2.14 bits per heavy atom. The smallest absolute Gasteiger partial charge is 0.262 e. The van der Waals surface area contributed by atoms with Gasteiger partial charge in [-0.05, 0) is 18.2 Å². The van der Waals surface area contributed by atoms with E-state index in [2.05, 4.69) is 0 Å². The van der Waals surface area contributed by atoms with Crippen molar-refractivity contribution in [3.63, 3.8) is 0 Å². The van der Waals surface area contributed by atoms with Gasteiger partial charge in [-0.1, -0.05) is 11.6 Å². The van der Waals surface area contributed by atoms with Gasteiger partial charge in [-0.3, -0.25) is 9.59 Å². The van der Waals surface area contributed by atoms with Crippen LogP contribution in [0.5, 0.6) is 0 Å². The molecule has 120 valence electrons. The van der Waals surface area contributed by atoms with Gasteiger partial charge in [0, 0.05) is 49.3 Å². The molecule has 0 N–H and O–H groups in total. The predicted molar refractivity (Wildman–Crippen MR) is 82.6 cm³/mol. The van der Waals surface area contributed by atoms with Crippen molar-refractivity contribution in [3.05, 3.63) is 28.8 Å². The van der Waals surface area contributed by atoms with Crippen LogP contribution >= 0.6 is 22.3 Å². The molecule has 0 unspecified atom stereocenters. The first kappa shape index (κ1) is 17.1. The van der Waals surface area contributed by atoms with E-state index in [1.165, 1.54) is 25.1 Å². The molecule has 6 nitrogen and oxygen atoms in total. The van der Waals surface area contributed by atoms with E-state index in [4.69, 9.17) is 22.3 Å². The topological polar surface area (TPSA) is 74.8 Å². The molecule has 2 rings (SSSR count). The molecule has 0 bridgehead atoms. The van der Waals surface area contributed by atoms with Gasteiger partial charge in [0.2, 0.25) is 5.91 Å². The summed E-state index contributed by atoms with van der Waals surface area (Å²) in [5, 5.41) is -0.0343. The minimum Gasteiger partial charge on any atom is -0.339 e. The zero-order valence-corrected chi connectivity index (χ0v) is 14.1. The van der Waals surface area contributed by atoms with Crippen molar-refractivity contribution in [2.45, 2.75) is 11.8 Å². The molecule has 0 spiro atoms. The third kappa shape index (κ3) is 3.71. The summed E-state index contributed by atoms with van der Waals surface area (Å²) in [5.41, 5.74) is 0.194. The summed E-state index contributed by atoms with van der Waals surface area (Å²) in [6.45, 7) is 3.17. The zero-order valence-electron chi connectivity index (χ0n) is 11.8. The molecule has 9 heteroatoms. The molecule has 0 saturated carbocycles. The first-order chi connectivity index (χ1) is 10.2. The number of hydrogen-bond donors (Lipinski definition) is 0. The van der Waals surface area contributed by atoms with Gasteiger partial charge < -0.3 is 9.80 Å². The van der Waals surface area contributed by atoms with Gasteiger partial charge >= 0.3 is 0 Å². The number of carbonyl (C=O) groups excluding carboxylic acids is 2. The Balaban J connectivity index is 2.19. The maximum Gasteiger partial charge on any atom is 0.262 e. The van der Waals surface area contributed by atoms with Crippen LogP contribution in [0.2, 0.25) is 5.02 Å². The number of rotatable bonds is 2. The third-order valence-corrected chi connectivity index (χ3v) is 5.26. The van der Waals surface area contributed by atoms with Gasteiger partial charge in [0.25, 0.3) is 15.0 Å². The summed E-state index contributed by atoms with van der Waals surface area (Å²) in [5.74, 6) is -0.351. The van der Waals surface area contributed by atoms with Gasteiger partial charge in [0.05, 0.1) is 5.02 Å². The Labute approximate surface area is 138 Å². The molecular formula is C13H14Cl2N2O4S. The Morgan fingerprint density at radius 2 is 1.64 bits per heavy atom. The van der Waals surface area contributed by atoms with Crippen LogP contribution < -0.4 is 0 Å². The van der Waals surface area contributed by atoms with E-state index < -0.39 is 9.05 Å². The molecule has 0 aromatic heterocycles. The number of carbonyl (C=O) groups is 2. The van der Waals surface area contributed by atoms with Crippen molar-refractivity contribution in [3.8, 4) is 0 Å². The second-order valence-corrected chi connectivity index (χ2v) is 7.82. The lowest BCUT2D eigenvalue weighted by Gasteiger charge is -2.34. The van der Waals surface area contributed by atoms with Crippen molar-refractivity contribution < 1.29 is 18.0 Å². The van der Waals surface area contributed by atoms with Crippen LogP contribution in [0.1, 0.15) is 17.3 Å². The molecular weight excluding hydrogens is 351 g/mol. The Bertz CT molecular complexity index is 713. The first-order valence-electron chi connectivity index (χ1n) is 6.49. The molecule has 0 radical (unpaired) electrons. The molecule has 1 aliphatic rings.